The maximum Gasteiger partial charge on any atom is 0.233 e. The van der Waals surface area contributed by atoms with Crippen molar-refractivity contribution in [2.75, 3.05) is 13.1 Å². The second-order valence-electron chi connectivity index (χ2n) is 6.89. The average molecular weight is 284 g/mol. The summed E-state index contributed by atoms with van der Waals surface area (Å²) in [4.78, 5) is 15.7. The molecular formula is C18H24N2O. The smallest absolute Gasteiger partial charge is 0.233 e. The largest absolute Gasteiger partial charge is 0.335 e. The van der Waals surface area contributed by atoms with Crippen LogP contribution in [0.1, 0.15) is 44.1 Å². The summed E-state index contributed by atoms with van der Waals surface area (Å²) in [6, 6.07) is 11.4. The summed E-state index contributed by atoms with van der Waals surface area (Å²) in [7, 11) is 0. The number of fused-ring (bicyclic) bond motifs is 2. The lowest BCUT2D eigenvalue weighted by molar-refractivity contribution is -0.143. The molecule has 1 N–H and O–H groups in total. The van der Waals surface area contributed by atoms with Gasteiger partial charge in [-0.1, -0.05) is 36.8 Å². The number of rotatable bonds is 2. The molecule has 21 heavy (non-hydrogen) atoms. The Morgan fingerprint density at radius 1 is 1.10 bits per heavy atom. The van der Waals surface area contributed by atoms with Gasteiger partial charge in [0.25, 0.3) is 0 Å². The lowest BCUT2D eigenvalue weighted by atomic mass is 9.63. The minimum atomic E-state index is -0.216. The highest BCUT2D eigenvalue weighted by atomic mass is 16.2. The number of nitrogens with zero attached hydrogens (tertiary/aromatic N) is 1. The summed E-state index contributed by atoms with van der Waals surface area (Å²) in [6.07, 6.45) is 6.73. The van der Waals surface area contributed by atoms with Gasteiger partial charge in [-0.2, -0.15) is 0 Å². The lowest BCUT2D eigenvalue weighted by Crippen LogP contribution is -2.55. The molecule has 3 fully saturated rings. The predicted molar refractivity (Wildman–Crippen MR) is 83.1 cm³/mol. The van der Waals surface area contributed by atoms with Crippen LogP contribution in [0.2, 0.25) is 0 Å². The fourth-order valence-electron chi connectivity index (χ4n) is 4.47. The van der Waals surface area contributed by atoms with Gasteiger partial charge in [0.2, 0.25) is 5.91 Å². The lowest BCUT2D eigenvalue weighted by Gasteiger charge is -2.45. The molecule has 3 nitrogen and oxygen atoms in total. The van der Waals surface area contributed by atoms with Crippen LogP contribution in [0, 0.1) is 0 Å². The van der Waals surface area contributed by atoms with E-state index in [0.717, 1.165) is 32.4 Å². The van der Waals surface area contributed by atoms with E-state index in [-0.39, 0.29) is 5.41 Å². The molecule has 1 saturated carbocycles. The van der Waals surface area contributed by atoms with Gasteiger partial charge in [0.15, 0.2) is 0 Å². The van der Waals surface area contributed by atoms with Crippen LogP contribution in [0.25, 0.3) is 0 Å². The first-order chi connectivity index (χ1) is 10.3. The molecule has 1 amide bonds. The Morgan fingerprint density at radius 3 is 2.57 bits per heavy atom. The van der Waals surface area contributed by atoms with E-state index < -0.39 is 0 Å². The van der Waals surface area contributed by atoms with Crippen LogP contribution in [0.4, 0.5) is 0 Å². The Bertz CT molecular complexity index is 509. The van der Waals surface area contributed by atoms with Crippen LogP contribution in [0.3, 0.4) is 0 Å². The maximum atomic E-state index is 13.4. The molecule has 2 saturated heterocycles. The number of nitrogens with one attached hydrogen (secondary N) is 1. The first kappa shape index (κ1) is 13.3. The Balaban J connectivity index is 1.67. The van der Waals surface area contributed by atoms with Crippen LogP contribution in [0.5, 0.6) is 0 Å². The highest BCUT2D eigenvalue weighted by Crippen LogP contribution is 2.47. The Kier molecular flexibility index (Phi) is 3.26. The summed E-state index contributed by atoms with van der Waals surface area (Å²) >= 11 is 0. The minimum Gasteiger partial charge on any atom is -0.335 e. The molecule has 0 aromatic heterocycles. The van der Waals surface area contributed by atoms with E-state index in [1.807, 2.05) is 6.07 Å². The van der Waals surface area contributed by atoms with Crippen molar-refractivity contribution in [2.45, 2.75) is 56.0 Å². The number of benzene rings is 1. The zero-order valence-corrected chi connectivity index (χ0v) is 12.6. The Morgan fingerprint density at radius 2 is 1.86 bits per heavy atom. The normalized spacial score (nSPS) is 30.6. The van der Waals surface area contributed by atoms with Gasteiger partial charge in [0.05, 0.1) is 5.41 Å². The van der Waals surface area contributed by atoms with Crippen molar-refractivity contribution in [3.8, 4) is 0 Å². The van der Waals surface area contributed by atoms with E-state index in [9.17, 15) is 4.79 Å². The van der Waals surface area contributed by atoms with Gasteiger partial charge in [-0.25, -0.2) is 0 Å². The van der Waals surface area contributed by atoms with Crippen molar-refractivity contribution in [3.63, 3.8) is 0 Å². The molecule has 2 heterocycles. The predicted octanol–water partition coefficient (Wildman–Crippen LogP) is 2.46. The summed E-state index contributed by atoms with van der Waals surface area (Å²) in [6.45, 7) is 2.04. The minimum absolute atomic E-state index is 0.216. The number of carbonyl (C=O) groups excluding carboxylic acids is 1. The van der Waals surface area contributed by atoms with E-state index >= 15 is 0 Å². The summed E-state index contributed by atoms with van der Waals surface area (Å²) in [5.74, 6) is 0.413. The summed E-state index contributed by atoms with van der Waals surface area (Å²) in [5, 5.41) is 3.50. The molecule has 2 unspecified atom stereocenters. The second-order valence-corrected chi connectivity index (χ2v) is 6.89. The number of carbonyl (C=O) groups is 1. The second kappa shape index (κ2) is 5.13. The van der Waals surface area contributed by atoms with Crippen LogP contribution >= 0.6 is 0 Å². The molecule has 112 valence electrons. The van der Waals surface area contributed by atoms with Gasteiger partial charge in [0, 0.05) is 18.6 Å². The van der Waals surface area contributed by atoms with E-state index in [0.29, 0.717) is 18.0 Å². The van der Waals surface area contributed by atoms with E-state index in [1.165, 1.54) is 24.8 Å². The van der Waals surface area contributed by atoms with Crippen LogP contribution in [-0.4, -0.2) is 36.0 Å². The molecule has 0 radical (unpaired) electrons. The Labute approximate surface area is 126 Å². The molecule has 2 bridgehead atoms. The third-order valence-corrected chi connectivity index (χ3v) is 5.83. The van der Waals surface area contributed by atoms with Gasteiger partial charge < -0.3 is 10.2 Å². The molecular weight excluding hydrogens is 260 g/mol. The van der Waals surface area contributed by atoms with Crippen molar-refractivity contribution in [3.05, 3.63) is 35.9 Å². The number of amides is 1. The molecule has 1 aromatic rings. The fraction of sp³-hybridized carbons (Fsp3) is 0.611. The van der Waals surface area contributed by atoms with Gasteiger partial charge in [0.1, 0.15) is 0 Å². The van der Waals surface area contributed by atoms with Gasteiger partial charge >= 0.3 is 0 Å². The molecule has 0 spiro atoms. The third-order valence-electron chi connectivity index (χ3n) is 5.83. The molecule has 1 aromatic carbocycles. The standard InChI is InChI=1S/C18H24N2O/c21-17(20-15-7-8-16(20)13-19-12-9-15)18(10-4-11-18)14-5-2-1-3-6-14/h1-3,5-6,15-16,19H,4,7-13H2. The van der Waals surface area contributed by atoms with Crippen molar-refractivity contribution in [2.24, 2.45) is 0 Å². The van der Waals surface area contributed by atoms with Crippen molar-refractivity contribution in [1.29, 1.82) is 0 Å². The Hall–Kier alpha value is -1.35. The van der Waals surface area contributed by atoms with E-state index in [2.05, 4.69) is 34.5 Å². The highest BCUT2D eigenvalue weighted by molar-refractivity contribution is 5.90. The molecule has 2 aliphatic heterocycles. The van der Waals surface area contributed by atoms with Crippen LogP contribution in [0.15, 0.2) is 30.3 Å². The first-order valence-electron chi connectivity index (χ1n) is 8.40. The highest BCUT2D eigenvalue weighted by Gasteiger charge is 2.51. The van der Waals surface area contributed by atoms with E-state index in [4.69, 9.17) is 0 Å². The maximum absolute atomic E-state index is 13.4. The molecule has 1 aliphatic carbocycles. The molecule has 4 rings (SSSR count). The topological polar surface area (TPSA) is 32.3 Å². The van der Waals surface area contributed by atoms with Crippen molar-refractivity contribution in [1.82, 2.24) is 10.2 Å². The van der Waals surface area contributed by atoms with Crippen LogP contribution < -0.4 is 5.32 Å². The summed E-state index contributed by atoms with van der Waals surface area (Å²) < 4.78 is 0. The van der Waals surface area contributed by atoms with Crippen molar-refractivity contribution >= 4 is 5.91 Å². The number of hydrogen-bond donors (Lipinski definition) is 1. The monoisotopic (exact) mass is 284 g/mol. The van der Waals surface area contributed by atoms with E-state index in [1.54, 1.807) is 0 Å². The molecule has 3 aliphatic rings. The van der Waals surface area contributed by atoms with Gasteiger partial charge in [-0.15, -0.1) is 0 Å². The molecule has 2 atom stereocenters. The van der Waals surface area contributed by atoms with Gasteiger partial charge in [-0.05, 0) is 44.2 Å². The SMILES string of the molecule is O=C(N1C2CCNCC1CC2)C1(c2ccccc2)CCC1. The zero-order chi connectivity index (χ0) is 14.3. The van der Waals surface area contributed by atoms with Crippen LogP contribution in [-0.2, 0) is 10.2 Å². The zero-order valence-electron chi connectivity index (χ0n) is 12.6. The average Bonchev–Trinajstić information content (AvgIpc) is 2.72. The first-order valence-corrected chi connectivity index (χ1v) is 8.40. The quantitative estimate of drug-likeness (QED) is 0.905. The van der Waals surface area contributed by atoms with Gasteiger partial charge in [-0.3, -0.25) is 4.79 Å². The fourth-order valence-corrected chi connectivity index (χ4v) is 4.47. The summed E-state index contributed by atoms with van der Waals surface area (Å²) in [5.41, 5.74) is 1.02. The number of hydrogen-bond acceptors (Lipinski definition) is 2. The van der Waals surface area contributed by atoms with Crippen molar-refractivity contribution < 1.29 is 4.79 Å². The molecule has 3 heteroatoms. The third kappa shape index (κ3) is 2.02.